The first-order chi connectivity index (χ1) is 8.69. The average Bonchev–Trinajstić information content (AvgIpc) is 2.62. The molecule has 110 valence electrons. The van der Waals surface area contributed by atoms with Crippen molar-refractivity contribution in [2.24, 2.45) is 11.8 Å². The number of aliphatic carboxylic acids is 1. The summed E-state index contributed by atoms with van der Waals surface area (Å²) in [6, 6.07) is -0.220. The second kappa shape index (κ2) is 6.36. The summed E-state index contributed by atoms with van der Waals surface area (Å²) in [5, 5.41) is 11.5. The van der Waals surface area contributed by atoms with Gasteiger partial charge in [-0.1, -0.05) is 13.8 Å². The van der Waals surface area contributed by atoms with E-state index in [9.17, 15) is 18.0 Å². The number of hydrogen-bond donors (Lipinski definition) is 2. The van der Waals surface area contributed by atoms with Crippen molar-refractivity contribution in [2.75, 3.05) is 11.5 Å². The van der Waals surface area contributed by atoms with E-state index in [0.717, 1.165) is 0 Å². The van der Waals surface area contributed by atoms with Crippen LogP contribution in [0.1, 0.15) is 33.1 Å². The molecule has 0 aromatic rings. The van der Waals surface area contributed by atoms with E-state index in [1.807, 2.05) is 0 Å². The zero-order valence-electron chi connectivity index (χ0n) is 11.3. The van der Waals surface area contributed by atoms with Crippen molar-refractivity contribution in [1.82, 2.24) is 5.32 Å². The molecular weight excluding hydrogens is 270 g/mol. The lowest BCUT2D eigenvalue weighted by Gasteiger charge is -2.13. The van der Waals surface area contributed by atoms with E-state index in [0.29, 0.717) is 19.3 Å². The van der Waals surface area contributed by atoms with Gasteiger partial charge in [-0.15, -0.1) is 0 Å². The maximum absolute atomic E-state index is 11.6. The highest BCUT2D eigenvalue weighted by Crippen LogP contribution is 2.25. The molecule has 1 saturated carbocycles. The monoisotopic (exact) mass is 291 g/mol. The molecule has 0 spiro atoms. The molecule has 1 aliphatic rings. The highest BCUT2D eigenvalue weighted by Gasteiger charge is 2.31. The van der Waals surface area contributed by atoms with Crippen molar-refractivity contribution in [1.29, 1.82) is 0 Å². The van der Waals surface area contributed by atoms with Crippen LogP contribution in [-0.4, -0.2) is 42.9 Å². The van der Waals surface area contributed by atoms with Crippen LogP contribution in [0.25, 0.3) is 0 Å². The summed E-state index contributed by atoms with van der Waals surface area (Å²) in [4.78, 5) is 22.4. The molecule has 0 saturated heterocycles. The molecule has 0 unspecified atom stereocenters. The molecule has 2 N–H and O–H groups in total. The lowest BCUT2D eigenvalue weighted by molar-refractivity contribution is -0.141. The van der Waals surface area contributed by atoms with Crippen LogP contribution in [0.2, 0.25) is 0 Å². The van der Waals surface area contributed by atoms with Gasteiger partial charge in [-0.25, -0.2) is 8.42 Å². The SMILES string of the molecule is CC(C)CS(=O)(=O)CC(=O)N[C@@H]1CC[C@H](C(=O)O)C1. The van der Waals surface area contributed by atoms with Gasteiger partial charge in [0.15, 0.2) is 9.84 Å². The fraction of sp³-hybridized carbons (Fsp3) is 0.833. The number of nitrogens with one attached hydrogen (secondary N) is 1. The Morgan fingerprint density at radius 1 is 1.32 bits per heavy atom. The summed E-state index contributed by atoms with van der Waals surface area (Å²) < 4.78 is 23.3. The van der Waals surface area contributed by atoms with Crippen LogP contribution < -0.4 is 5.32 Å². The smallest absolute Gasteiger partial charge is 0.306 e. The standard InChI is InChI=1S/C12H21NO5S/c1-8(2)6-19(17,18)7-11(14)13-10-4-3-9(5-10)12(15)16/h8-10H,3-7H2,1-2H3,(H,13,14)(H,15,16)/t9-,10+/m0/s1. The van der Waals surface area contributed by atoms with E-state index < -0.39 is 33.4 Å². The Bertz CT molecular complexity index is 443. The minimum atomic E-state index is -3.38. The molecule has 0 radical (unpaired) electrons. The van der Waals surface area contributed by atoms with Gasteiger partial charge in [-0.2, -0.15) is 0 Å². The van der Waals surface area contributed by atoms with Gasteiger partial charge in [0.25, 0.3) is 0 Å². The number of rotatable bonds is 6. The molecule has 0 bridgehead atoms. The van der Waals surface area contributed by atoms with Crippen LogP contribution in [0.15, 0.2) is 0 Å². The van der Waals surface area contributed by atoms with Gasteiger partial charge < -0.3 is 10.4 Å². The molecule has 19 heavy (non-hydrogen) atoms. The second-order valence-corrected chi connectivity index (χ2v) is 7.67. The maximum atomic E-state index is 11.6. The van der Waals surface area contributed by atoms with Crippen molar-refractivity contribution in [3.05, 3.63) is 0 Å². The predicted octanol–water partition coefficient (Wildman–Crippen LogP) is 0.427. The van der Waals surface area contributed by atoms with E-state index in [4.69, 9.17) is 5.11 Å². The fourth-order valence-corrected chi connectivity index (χ4v) is 3.99. The van der Waals surface area contributed by atoms with Crippen molar-refractivity contribution >= 4 is 21.7 Å². The molecule has 0 aromatic heterocycles. The Morgan fingerprint density at radius 3 is 2.42 bits per heavy atom. The molecule has 0 aliphatic heterocycles. The topological polar surface area (TPSA) is 101 Å². The molecule has 0 heterocycles. The molecular formula is C12H21NO5S. The van der Waals surface area contributed by atoms with Crippen LogP contribution in [0.5, 0.6) is 0 Å². The van der Waals surface area contributed by atoms with E-state index >= 15 is 0 Å². The average molecular weight is 291 g/mol. The lowest BCUT2D eigenvalue weighted by Crippen LogP contribution is -2.38. The number of carbonyl (C=O) groups excluding carboxylic acids is 1. The van der Waals surface area contributed by atoms with Gasteiger partial charge in [-0.05, 0) is 25.2 Å². The third kappa shape index (κ3) is 5.59. The van der Waals surface area contributed by atoms with Crippen LogP contribution >= 0.6 is 0 Å². The van der Waals surface area contributed by atoms with E-state index in [1.54, 1.807) is 13.8 Å². The van der Waals surface area contributed by atoms with Crippen molar-refractivity contribution in [2.45, 2.75) is 39.2 Å². The molecule has 1 rings (SSSR count). The number of carbonyl (C=O) groups is 2. The summed E-state index contributed by atoms with van der Waals surface area (Å²) in [7, 11) is -3.38. The van der Waals surface area contributed by atoms with E-state index in [1.165, 1.54) is 0 Å². The zero-order valence-corrected chi connectivity index (χ0v) is 12.1. The minimum absolute atomic E-state index is 0.0111. The molecule has 1 amide bonds. The Labute approximate surface area is 113 Å². The molecule has 1 fully saturated rings. The summed E-state index contributed by atoms with van der Waals surface area (Å²) >= 11 is 0. The first-order valence-corrected chi connectivity index (χ1v) is 8.24. The molecule has 2 atom stereocenters. The van der Waals surface area contributed by atoms with Crippen molar-refractivity contribution in [3.63, 3.8) is 0 Å². The highest BCUT2D eigenvalue weighted by atomic mass is 32.2. The number of amides is 1. The fourth-order valence-electron chi connectivity index (χ4n) is 2.37. The second-order valence-electron chi connectivity index (χ2n) is 5.56. The Balaban J connectivity index is 2.43. The third-order valence-electron chi connectivity index (χ3n) is 3.09. The third-order valence-corrected chi connectivity index (χ3v) is 4.96. The Hall–Kier alpha value is -1.11. The van der Waals surface area contributed by atoms with E-state index in [2.05, 4.69) is 5.32 Å². The Kier molecular flexibility index (Phi) is 5.34. The number of carboxylic acids is 1. The van der Waals surface area contributed by atoms with Gasteiger partial charge in [-0.3, -0.25) is 9.59 Å². The molecule has 7 heteroatoms. The van der Waals surface area contributed by atoms with Crippen LogP contribution in [0, 0.1) is 11.8 Å². The zero-order chi connectivity index (χ0) is 14.6. The van der Waals surface area contributed by atoms with Crippen LogP contribution in [0.4, 0.5) is 0 Å². The van der Waals surface area contributed by atoms with Crippen LogP contribution in [0.3, 0.4) is 0 Å². The number of hydrogen-bond acceptors (Lipinski definition) is 4. The molecule has 1 aliphatic carbocycles. The van der Waals surface area contributed by atoms with E-state index in [-0.39, 0.29) is 17.7 Å². The summed E-state index contributed by atoms with van der Waals surface area (Å²) in [6.07, 6.45) is 1.50. The summed E-state index contributed by atoms with van der Waals surface area (Å²) in [5.74, 6) is -2.36. The Morgan fingerprint density at radius 2 is 1.95 bits per heavy atom. The van der Waals surface area contributed by atoms with Gasteiger partial charge >= 0.3 is 5.97 Å². The molecule has 0 aromatic carbocycles. The van der Waals surface area contributed by atoms with Crippen molar-refractivity contribution < 1.29 is 23.1 Å². The van der Waals surface area contributed by atoms with Gasteiger partial charge in [0, 0.05) is 6.04 Å². The largest absolute Gasteiger partial charge is 0.481 e. The summed E-state index contributed by atoms with van der Waals surface area (Å²) in [5.41, 5.74) is 0. The number of carboxylic acid groups (broad SMARTS) is 1. The van der Waals surface area contributed by atoms with Gasteiger partial charge in [0.1, 0.15) is 5.75 Å². The number of sulfone groups is 1. The molecule has 6 nitrogen and oxygen atoms in total. The maximum Gasteiger partial charge on any atom is 0.306 e. The van der Waals surface area contributed by atoms with Crippen LogP contribution in [-0.2, 0) is 19.4 Å². The van der Waals surface area contributed by atoms with Gasteiger partial charge in [0.2, 0.25) is 5.91 Å². The minimum Gasteiger partial charge on any atom is -0.481 e. The lowest BCUT2D eigenvalue weighted by atomic mass is 10.1. The van der Waals surface area contributed by atoms with Crippen molar-refractivity contribution in [3.8, 4) is 0 Å². The summed E-state index contributed by atoms with van der Waals surface area (Å²) in [6.45, 7) is 3.56. The first-order valence-electron chi connectivity index (χ1n) is 6.42. The highest BCUT2D eigenvalue weighted by molar-refractivity contribution is 7.92. The first kappa shape index (κ1) is 15.9. The normalized spacial score (nSPS) is 23.5. The van der Waals surface area contributed by atoms with Gasteiger partial charge in [0.05, 0.1) is 11.7 Å². The quantitative estimate of drug-likeness (QED) is 0.739. The predicted molar refractivity (Wildman–Crippen MR) is 70.4 cm³/mol.